The number of hydrogen-bond acceptors (Lipinski definition) is 2. The highest BCUT2D eigenvalue weighted by molar-refractivity contribution is 6.04. The molecule has 4 aromatic rings. The topological polar surface area (TPSA) is 27.1 Å². The monoisotopic (exact) mass is 316 g/mol. The summed E-state index contributed by atoms with van der Waals surface area (Å²) in [7, 11) is 1.71. The van der Waals surface area contributed by atoms with Crippen molar-refractivity contribution in [1.82, 2.24) is 9.55 Å². The van der Waals surface area contributed by atoms with E-state index in [0.717, 1.165) is 29.9 Å². The van der Waals surface area contributed by atoms with E-state index in [4.69, 9.17) is 9.72 Å². The van der Waals surface area contributed by atoms with Crippen LogP contribution in [0.2, 0.25) is 0 Å². The van der Waals surface area contributed by atoms with Gasteiger partial charge in [0.05, 0.1) is 18.1 Å². The van der Waals surface area contributed by atoms with Crippen molar-refractivity contribution < 1.29 is 4.74 Å². The first-order valence-electron chi connectivity index (χ1n) is 8.23. The molecule has 0 amide bonds. The van der Waals surface area contributed by atoms with Crippen molar-refractivity contribution >= 4 is 21.8 Å². The number of benzene rings is 2. The maximum atomic E-state index is 5.32. The number of para-hydroxylation sites is 1. The summed E-state index contributed by atoms with van der Waals surface area (Å²) < 4.78 is 7.66. The molecular formula is C21H20N2O. The predicted molar refractivity (Wildman–Crippen MR) is 98.7 cm³/mol. The molecule has 120 valence electrons. The molecule has 0 unspecified atom stereocenters. The van der Waals surface area contributed by atoms with E-state index in [-0.39, 0.29) is 0 Å². The number of pyridine rings is 1. The van der Waals surface area contributed by atoms with Gasteiger partial charge in [0.15, 0.2) is 0 Å². The zero-order valence-corrected chi connectivity index (χ0v) is 14.0. The van der Waals surface area contributed by atoms with Crippen LogP contribution >= 0.6 is 0 Å². The van der Waals surface area contributed by atoms with Crippen LogP contribution in [-0.2, 0) is 13.0 Å². The van der Waals surface area contributed by atoms with Crippen LogP contribution < -0.4 is 4.74 Å². The third-order valence-corrected chi connectivity index (χ3v) is 4.58. The van der Waals surface area contributed by atoms with Gasteiger partial charge in [-0.1, -0.05) is 30.3 Å². The van der Waals surface area contributed by atoms with Gasteiger partial charge in [0, 0.05) is 29.2 Å². The van der Waals surface area contributed by atoms with Gasteiger partial charge in [0.25, 0.3) is 0 Å². The average Bonchev–Trinajstić information content (AvgIpc) is 3.05. The molecule has 0 aliphatic heterocycles. The fourth-order valence-corrected chi connectivity index (χ4v) is 3.34. The van der Waals surface area contributed by atoms with Crippen molar-refractivity contribution in [3.63, 3.8) is 0 Å². The third-order valence-electron chi connectivity index (χ3n) is 4.58. The summed E-state index contributed by atoms with van der Waals surface area (Å²) in [6, 6.07) is 18.8. The smallest absolute Gasteiger partial charge is 0.119 e. The Labute approximate surface area is 141 Å². The summed E-state index contributed by atoms with van der Waals surface area (Å²) in [5.41, 5.74) is 4.71. The van der Waals surface area contributed by atoms with E-state index in [1.165, 1.54) is 21.9 Å². The standard InChI is InChI=1S/C21H20N2O/c1-15-18-11-13-23(12-10-16-6-5-7-17(14-16)24-2)21(18)19-8-3-4-9-20(19)22-15/h3-9,11,13-14H,10,12H2,1-2H3. The van der Waals surface area contributed by atoms with E-state index in [1.807, 2.05) is 18.2 Å². The van der Waals surface area contributed by atoms with Gasteiger partial charge in [-0.05, 0) is 43.2 Å². The highest BCUT2D eigenvalue weighted by Gasteiger charge is 2.10. The van der Waals surface area contributed by atoms with Crippen molar-refractivity contribution in [2.75, 3.05) is 7.11 Å². The lowest BCUT2D eigenvalue weighted by molar-refractivity contribution is 0.414. The summed E-state index contributed by atoms with van der Waals surface area (Å²) in [5, 5.41) is 2.45. The van der Waals surface area contributed by atoms with Crippen molar-refractivity contribution in [2.24, 2.45) is 0 Å². The first kappa shape index (κ1) is 14.8. The highest BCUT2D eigenvalue weighted by atomic mass is 16.5. The van der Waals surface area contributed by atoms with Crippen molar-refractivity contribution in [2.45, 2.75) is 19.9 Å². The van der Waals surface area contributed by atoms with Crippen LogP contribution in [0.4, 0.5) is 0 Å². The minimum atomic E-state index is 0.912. The molecule has 2 heterocycles. The minimum absolute atomic E-state index is 0.912. The second kappa shape index (κ2) is 6.00. The number of aromatic nitrogens is 2. The molecule has 0 radical (unpaired) electrons. The van der Waals surface area contributed by atoms with Gasteiger partial charge in [-0.3, -0.25) is 4.98 Å². The van der Waals surface area contributed by atoms with Crippen LogP contribution in [0.1, 0.15) is 11.3 Å². The number of rotatable bonds is 4. The lowest BCUT2D eigenvalue weighted by Crippen LogP contribution is -2.01. The lowest BCUT2D eigenvalue weighted by Gasteiger charge is -2.10. The summed E-state index contributed by atoms with van der Waals surface area (Å²) in [6.45, 7) is 3.02. The maximum Gasteiger partial charge on any atom is 0.119 e. The Kier molecular flexibility index (Phi) is 3.69. The molecule has 0 bridgehead atoms. The van der Waals surface area contributed by atoms with Crippen molar-refractivity contribution in [3.05, 3.63) is 72.1 Å². The molecular weight excluding hydrogens is 296 g/mol. The molecule has 3 heteroatoms. The van der Waals surface area contributed by atoms with Gasteiger partial charge in [0.2, 0.25) is 0 Å². The Morgan fingerprint density at radius 3 is 2.75 bits per heavy atom. The Bertz CT molecular complexity index is 1020. The third kappa shape index (κ3) is 2.52. The normalized spacial score (nSPS) is 11.2. The molecule has 0 saturated carbocycles. The number of hydrogen-bond donors (Lipinski definition) is 0. The van der Waals surface area contributed by atoms with Crippen LogP contribution in [0.15, 0.2) is 60.8 Å². The Morgan fingerprint density at radius 1 is 1.00 bits per heavy atom. The van der Waals surface area contributed by atoms with E-state index < -0.39 is 0 Å². The molecule has 3 nitrogen and oxygen atoms in total. The number of ether oxygens (including phenoxy) is 1. The van der Waals surface area contributed by atoms with Crippen LogP contribution in [-0.4, -0.2) is 16.7 Å². The molecule has 4 rings (SSSR count). The van der Waals surface area contributed by atoms with Crippen LogP contribution in [0, 0.1) is 6.92 Å². The van der Waals surface area contributed by atoms with Gasteiger partial charge < -0.3 is 9.30 Å². The number of methoxy groups -OCH3 is 1. The van der Waals surface area contributed by atoms with Gasteiger partial charge in [-0.2, -0.15) is 0 Å². The fourth-order valence-electron chi connectivity index (χ4n) is 3.34. The summed E-state index contributed by atoms with van der Waals surface area (Å²) >= 11 is 0. The van der Waals surface area contributed by atoms with Gasteiger partial charge in [0.1, 0.15) is 5.75 Å². The zero-order valence-electron chi connectivity index (χ0n) is 14.0. The van der Waals surface area contributed by atoms with Gasteiger partial charge in [-0.15, -0.1) is 0 Å². The van der Waals surface area contributed by atoms with Gasteiger partial charge >= 0.3 is 0 Å². The lowest BCUT2D eigenvalue weighted by atomic mass is 10.1. The first-order chi connectivity index (χ1) is 11.8. The maximum absolute atomic E-state index is 5.32. The molecule has 0 spiro atoms. The van der Waals surface area contributed by atoms with E-state index in [1.54, 1.807) is 7.11 Å². The van der Waals surface area contributed by atoms with E-state index in [2.05, 4.69) is 54.1 Å². The second-order valence-corrected chi connectivity index (χ2v) is 6.09. The molecule has 0 N–H and O–H groups in total. The fraction of sp³-hybridized carbons (Fsp3) is 0.190. The average molecular weight is 316 g/mol. The summed E-state index contributed by atoms with van der Waals surface area (Å²) in [5.74, 6) is 0.912. The second-order valence-electron chi connectivity index (χ2n) is 6.09. The predicted octanol–water partition coefficient (Wildman–Crippen LogP) is 4.75. The van der Waals surface area contributed by atoms with E-state index in [9.17, 15) is 0 Å². The number of fused-ring (bicyclic) bond motifs is 3. The molecule has 0 aliphatic carbocycles. The summed E-state index contributed by atoms with van der Waals surface area (Å²) in [6.07, 6.45) is 3.14. The Balaban J connectivity index is 1.74. The molecule has 2 aromatic heterocycles. The van der Waals surface area contributed by atoms with Gasteiger partial charge in [-0.25, -0.2) is 0 Å². The number of nitrogens with zero attached hydrogens (tertiary/aromatic N) is 2. The quantitative estimate of drug-likeness (QED) is 0.543. The SMILES string of the molecule is COc1cccc(CCn2ccc3c(C)nc4ccccc4c32)c1. The van der Waals surface area contributed by atoms with Crippen molar-refractivity contribution in [1.29, 1.82) is 0 Å². The molecule has 2 aromatic carbocycles. The van der Waals surface area contributed by atoms with Crippen LogP contribution in [0.3, 0.4) is 0 Å². The first-order valence-corrected chi connectivity index (χ1v) is 8.23. The minimum Gasteiger partial charge on any atom is -0.497 e. The van der Waals surface area contributed by atoms with E-state index >= 15 is 0 Å². The zero-order chi connectivity index (χ0) is 16.5. The van der Waals surface area contributed by atoms with Crippen LogP contribution in [0.5, 0.6) is 5.75 Å². The largest absolute Gasteiger partial charge is 0.497 e. The molecule has 0 aliphatic rings. The summed E-state index contributed by atoms with van der Waals surface area (Å²) in [4.78, 5) is 4.73. The van der Waals surface area contributed by atoms with Crippen molar-refractivity contribution in [3.8, 4) is 5.75 Å². The number of aryl methyl sites for hydroxylation is 3. The Morgan fingerprint density at radius 2 is 1.88 bits per heavy atom. The van der Waals surface area contributed by atoms with Crippen LogP contribution in [0.25, 0.3) is 21.8 Å². The molecule has 0 atom stereocenters. The molecule has 0 saturated heterocycles. The van der Waals surface area contributed by atoms with E-state index in [0.29, 0.717) is 0 Å². The Hall–Kier alpha value is -2.81. The molecule has 24 heavy (non-hydrogen) atoms. The molecule has 0 fully saturated rings. The highest BCUT2D eigenvalue weighted by Crippen LogP contribution is 2.27.